The summed E-state index contributed by atoms with van der Waals surface area (Å²) < 4.78 is 12.9. The molecule has 0 aromatic rings. The average molecular weight is 569 g/mol. The zero-order valence-corrected chi connectivity index (χ0v) is 27.8. The van der Waals surface area contributed by atoms with Crippen LogP contribution in [0.5, 0.6) is 0 Å². The third-order valence-corrected chi connectivity index (χ3v) is 8.17. The van der Waals surface area contributed by atoms with Crippen molar-refractivity contribution in [3.63, 3.8) is 0 Å². The van der Waals surface area contributed by atoms with Gasteiger partial charge in [-0.25, -0.2) is 0 Å². The molecule has 0 N–H and O–H groups in total. The lowest BCUT2D eigenvalue weighted by atomic mass is 9.99. The topological polar surface area (TPSA) is 18.5 Å². The molecule has 1 saturated heterocycles. The average Bonchev–Trinajstić information content (AvgIpc) is 3.25. The van der Waals surface area contributed by atoms with Gasteiger partial charge in [0.25, 0.3) is 0 Å². The van der Waals surface area contributed by atoms with Crippen molar-refractivity contribution < 1.29 is 9.47 Å². The largest absolute Gasteiger partial charge is 0.344 e. The Labute approximate surface area is 256 Å². The van der Waals surface area contributed by atoms with Gasteiger partial charge in [-0.1, -0.05) is 126 Å². The lowest BCUT2D eigenvalue weighted by Crippen LogP contribution is -2.31. The monoisotopic (exact) mass is 569 g/mol. The molecule has 0 aromatic heterocycles. The molecule has 0 saturated carbocycles. The molecular weight excluding hydrogens is 500 g/mol. The molecule has 2 unspecified atom stereocenters. The van der Waals surface area contributed by atoms with Gasteiger partial charge < -0.3 is 9.47 Å². The summed E-state index contributed by atoms with van der Waals surface area (Å²) in [4.78, 5) is 0. The molecule has 2 heteroatoms. The number of hydrogen-bond donors (Lipinski definition) is 0. The first kappa shape index (κ1) is 37.6. The smallest absolute Gasteiger partial charge is 0.169 e. The van der Waals surface area contributed by atoms with Crippen LogP contribution in [0.15, 0.2) is 60.8 Å². The number of unbranched alkanes of at least 4 members (excludes halogenated alkanes) is 13. The third kappa shape index (κ3) is 21.9. The Kier molecular flexibility index (Phi) is 25.2. The Morgan fingerprint density at radius 3 is 1.24 bits per heavy atom. The molecule has 1 heterocycles. The van der Waals surface area contributed by atoms with E-state index >= 15 is 0 Å². The van der Waals surface area contributed by atoms with Crippen molar-refractivity contribution in [1.82, 2.24) is 0 Å². The van der Waals surface area contributed by atoms with Crippen molar-refractivity contribution in [2.45, 2.75) is 187 Å². The van der Waals surface area contributed by atoms with Crippen molar-refractivity contribution in [3.8, 4) is 0 Å². The van der Waals surface area contributed by atoms with E-state index in [-0.39, 0.29) is 18.0 Å². The second-order valence-electron chi connectivity index (χ2n) is 12.2. The summed E-state index contributed by atoms with van der Waals surface area (Å²) >= 11 is 0. The lowest BCUT2D eigenvalue weighted by molar-refractivity contribution is -0.184. The second kappa shape index (κ2) is 27.5. The van der Waals surface area contributed by atoms with E-state index in [4.69, 9.17) is 9.47 Å². The van der Waals surface area contributed by atoms with Crippen LogP contribution in [-0.4, -0.2) is 18.0 Å². The van der Waals surface area contributed by atoms with Gasteiger partial charge in [-0.05, 0) is 90.9 Å². The zero-order chi connectivity index (χ0) is 29.7. The lowest BCUT2D eigenvalue weighted by Gasteiger charge is -2.28. The summed E-state index contributed by atoms with van der Waals surface area (Å²) in [7, 11) is 0. The molecule has 41 heavy (non-hydrogen) atoms. The highest BCUT2D eigenvalue weighted by Gasteiger charge is 2.42. The minimum atomic E-state index is -0.342. The molecule has 0 radical (unpaired) electrons. The molecule has 236 valence electrons. The molecule has 0 amide bonds. The number of hydrogen-bond acceptors (Lipinski definition) is 2. The Hall–Kier alpha value is -1.38. The van der Waals surface area contributed by atoms with Gasteiger partial charge in [0, 0.05) is 12.8 Å². The summed E-state index contributed by atoms with van der Waals surface area (Å²) in [6, 6.07) is 0. The third-order valence-electron chi connectivity index (χ3n) is 8.17. The fourth-order valence-electron chi connectivity index (χ4n) is 5.40. The molecule has 1 fully saturated rings. The highest BCUT2D eigenvalue weighted by atomic mass is 16.8. The van der Waals surface area contributed by atoms with Crippen LogP contribution in [-0.2, 0) is 9.47 Å². The standard InChI is InChI=1S/C39H68O2/c1-5-7-9-11-13-15-17-19-21-22-24-26-28-30-32-34-36-39(40-37(3)38(4)41-39)35-33-31-29-27-25-23-20-18-16-14-12-10-8-6-2/h12-15,18-21,25,27,37-38H,5-11,16-17,22-24,26,28-36H2,1-4H3/b14-12-,15-13-,20-18-,21-19-,27-25-. The van der Waals surface area contributed by atoms with Gasteiger partial charge in [0.1, 0.15) is 0 Å². The van der Waals surface area contributed by atoms with Crippen LogP contribution in [0.2, 0.25) is 0 Å². The summed E-state index contributed by atoms with van der Waals surface area (Å²) in [5.41, 5.74) is 0. The van der Waals surface area contributed by atoms with Gasteiger partial charge >= 0.3 is 0 Å². The van der Waals surface area contributed by atoms with Gasteiger partial charge in [0.2, 0.25) is 0 Å². The highest BCUT2D eigenvalue weighted by molar-refractivity contribution is 4.97. The SMILES string of the molecule is CCCC/C=C\C/C=C\C/C=C\CCCCC1(CCCCCCCC/C=C\C/C=C\CCCCC)OC(C)C(C)O1. The summed E-state index contributed by atoms with van der Waals surface area (Å²) in [6.45, 7) is 8.85. The number of allylic oxidation sites excluding steroid dienone is 10. The number of rotatable bonds is 27. The molecule has 0 aromatic carbocycles. The first-order chi connectivity index (χ1) is 20.1. The fourth-order valence-corrected chi connectivity index (χ4v) is 5.40. The molecular formula is C39H68O2. The molecule has 2 nitrogen and oxygen atoms in total. The molecule has 0 spiro atoms. The van der Waals surface area contributed by atoms with Crippen LogP contribution in [0.25, 0.3) is 0 Å². The van der Waals surface area contributed by atoms with Gasteiger partial charge in [-0.2, -0.15) is 0 Å². The maximum absolute atomic E-state index is 6.43. The van der Waals surface area contributed by atoms with Crippen LogP contribution >= 0.6 is 0 Å². The van der Waals surface area contributed by atoms with Crippen molar-refractivity contribution in [3.05, 3.63) is 60.8 Å². The van der Waals surface area contributed by atoms with Crippen LogP contribution in [0.4, 0.5) is 0 Å². The van der Waals surface area contributed by atoms with Crippen LogP contribution < -0.4 is 0 Å². The molecule has 1 aliphatic rings. The molecule has 1 aliphatic heterocycles. The predicted molar refractivity (Wildman–Crippen MR) is 182 cm³/mol. The Morgan fingerprint density at radius 2 is 0.756 bits per heavy atom. The van der Waals surface area contributed by atoms with E-state index in [0.717, 1.165) is 38.5 Å². The minimum absolute atomic E-state index is 0.202. The summed E-state index contributed by atoms with van der Waals surface area (Å²) in [5.74, 6) is -0.342. The van der Waals surface area contributed by atoms with E-state index in [1.165, 1.54) is 103 Å². The molecule has 2 atom stereocenters. The maximum Gasteiger partial charge on any atom is 0.169 e. The molecule has 0 aliphatic carbocycles. The van der Waals surface area contributed by atoms with Gasteiger partial charge in [0.05, 0.1) is 12.2 Å². The van der Waals surface area contributed by atoms with E-state index in [2.05, 4.69) is 88.5 Å². The first-order valence-electron chi connectivity index (χ1n) is 17.7. The van der Waals surface area contributed by atoms with E-state index in [1.54, 1.807) is 0 Å². The molecule has 0 bridgehead atoms. The Morgan fingerprint density at radius 1 is 0.415 bits per heavy atom. The Bertz CT molecular complexity index is 703. The predicted octanol–water partition coefficient (Wildman–Crippen LogP) is 12.9. The quantitative estimate of drug-likeness (QED) is 0.0724. The van der Waals surface area contributed by atoms with E-state index in [1.807, 2.05) is 0 Å². The van der Waals surface area contributed by atoms with E-state index in [0.29, 0.717) is 0 Å². The van der Waals surface area contributed by atoms with Crippen molar-refractivity contribution in [2.24, 2.45) is 0 Å². The van der Waals surface area contributed by atoms with Gasteiger partial charge in [-0.15, -0.1) is 0 Å². The maximum atomic E-state index is 6.43. The van der Waals surface area contributed by atoms with E-state index in [9.17, 15) is 0 Å². The number of ether oxygens (including phenoxy) is 2. The normalized spacial score (nSPS) is 21.8. The van der Waals surface area contributed by atoms with Gasteiger partial charge in [-0.3, -0.25) is 0 Å². The van der Waals surface area contributed by atoms with Crippen molar-refractivity contribution in [1.29, 1.82) is 0 Å². The van der Waals surface area contributed by atoms with Crippen molar-refractivity contribution >= 4 is 0 Å². The second-order valence-corrected chi connectivity index (χ2v) is 12.2. The Balaban J connectivity index is 2.11. The first-order valence-corrected chi connectivity index (χ1v) is 17.7. The highest BCUT2D eigenvalue weighted by Crippen LogP contribution is 2.37. The minimum Gasteiger partial charge on any atom is -0.344 e. The fraction of sp³-hybridized carbons (Fsp3) is 0.744. The van der Waals surface area contributed by atoms with Crippen LogP contribution in [0.1, 0.15) is 169 Å². The van der Waals surface area contributed by atoms with E-state index < -0.39 is 0 Å². The van der Waals surface area contributed by atoms with Crippen LogP contribution in [0, 0.1) is 0 Å². The zero-order valence-electron chi connectivity index (χ0n) is 27.8. The summed E-state index contributed by atoms with van der Waals surface area (Å²) in [5, 5.41) is 0. The van der Waals surface area contributed by atoms with Crippen LogP contribution in [0.3, 0.4) is 0 Å². The summed E-state index contributed by atoms with van der Waals surface area (Å²) in [6.07, 6.45) is 50.5. The van der Waals surface area contributed by atoms with Crippen molar-refractivity contribution in [2.75, 3.05) is 0 Å². The molecule has 1 rings (SSSR count). The van der Waals surface area contributed by atoms with Gasteiger partial charge in [0.15, 0.2) is 5.79 Å².